The second kappa shape index (κ2) is 10.2. The number of benzene rings is 1. The summed E-state index contributed by atoms with van der Waals surface area (Å²) < 4.78 is 0. The summed E-state index contributed by atoms with van der Waals surface area (Å²) in [6.45, 7) is 2.26. The van der Waals surface area contributed by atoms with Crippen molar-refractivity contribution in [3.8, 4) is 0 Å². The van der Waals surface area contributed by atoms with Crippen molar-refractivity contribution in [2.75, 3.05) is 0 Å². The maximum absolute atomic E-state index is 12.3. The Bertz CT molecular complexity index is 509. The van der Waals surface area contributed by atoms with Crippen molar-refractivity contribution < 1.29 is 4.79 Å². The third kappa shape index (κ3) is 6.17. The minimum atomic E-state index is -0.0615. The van der Waals surface area contributed by atoms with Crippen LogP contribution in [0.1, 0.15) is 74.2 Å². The fourth-order valence-corrected chi connectivity index (χ4v) is 3.10. The summed E-state index contributed by atoms with van der Waals surface area (Å²) in [7, 11) is 0. The number of hydrogen-bond acceptors (Lipinski definition) is 1. The molecule has 1 nitrogen and oxygen atoms in total. The number of aryl methyl sites for hydroxylation is 1. The van der Waals surface area contributed by atoms with Crippen LogP contribution in [-0.2, 0) is 6.42 Å². The molecule has 1 aliphatic carbocycles. The minimum Gasteiger partial charge on any atom is -0.293 e. The smallest absolute Gasteiger partial charge is 0.173 e. The lowest BCUT2D eigenvalue weighted by Gasteiger charge is -2.06. The maximum Gasteiger partial charge on any atom is 0.173 e. The largest absolute Gasteiger partial charge is 0.293 e. The van der Waals surface area contributed by atoms with Crippen molar-refractivity contribution in [3.63, 3.8) is 0 Å². The zero-order valence-electron chi connectivity index (χ0n) is 14.5. The van der Waals surface area contributed by atoms with Crippen LogP contribution in [0.25, 0.3) is 0 Å². The second-order valence-electron chi connectivity index (χ2n) is 6.58. The molecule has 0 fully saturated rings. The highest BCUT2D eigenvalue weighted by atomic mass is 16.1. The van der Waals surface area contributed by atoms with Gasteiger partial charge in [-0.2, -0.15) is 0 Å². The molecule has 0 aliphatic heterocycles. The van der Waals surface area contributed by atoms with Gasteiger partial charge in [-0.25, -0.2) is 0 Å². The van der Waals surface area contributed by atoms with Crippen molar-refractivity contribution in [3.05, 3.63) is 59.7 Å². The minimum absolute atomic E-state index is 0.0615. The van der Waals surface area contributed by atoms with Gasteiger partial charge in [0.1, 0.15) is 0 Å². The second-order valence-corrected chi connectivity index (χ2v) is 6.58. The molecule has 1 aliphatic rings. The number of allylic oxidation sites excluding steroid dienone is 4. The van der Waals surface area contributed by atoms with E-state index in [-0.39, 0.29) is 11.7 Å². The average molecular weight is 310 g/mol. The number of carbonyl (C=O) groups is 1. The Morgan fingerprint density at radius 2 is 1.39 bits per heavy atom. The van der Waals surface area contributed by atoms with Gasteiger partial charge in [-0.05, 0) is 18.4 Å². The van der Waals surface area contributed by atoms with Gasteiger partial charge in [0.25, 0.3) is 0 Å². The van der Waals surface area contributed by atoms with E-state index in [0.29, 0.717) is 0 Å². The maximum atomic E-state index is 12.3. The van der Waals surface area contributed by atoms with Crippen LogP contribution in [0.3, 0.4) is 0 Å². The summed E-state index contributed by atoms with van der Waals surface area (Å²) in [6.07, 6.45) is 19.8. The van der Waals surface area contributed by atoms with E-state index < -0.39 is 0 Å². The molecule has 0 heterocycles. The van der Waals surface area contributed by atoms with E-state index in [1.165, 1.54) is 56.9 Å². The molecule has 1 heteroatoms. The highest BCUT2D eigenvalue weighted by molar-refractivity contribution is 6.00. The Morgan fingerprint density at radius 3 is 2.00 bits per heavy atom. The molecular weight excluding hydrogens is 280 g/mol. The molecule has 0 N–H and O–H groups in total. The molecule has 0 radical (unpaired) electrons. The lowest BCUT2D eigenvalue weighted by molar-refractivity contribution is 0.0966. The first-order chi connectivity index (χ1) is 11.3. The Kier molecular flexibility index (Phi) is 7.86. The van der Waals surface area contributed by atoms with Crippen molar-refractivity contribution in [1.82, 2.24) is 0 Å². The Labute approximate surface area is 141 Å². The standard InChI is InChI=1S/C22H30O/c1-2-3-4-5-6-7-8-9-12-19-15-17-21(18-16-19)22(23)20-13-10-11-14-20/h10-11,13-18,20H,2-9,12H2,1H3. The number of ketones is 1. The SMILES string of the molecule is CCCCCCCCCCc1ccc(C(=O)C2C=CC=C2)cc1. The van der Waals surface area contributed by atoms with Crippen LogP contribution in [0.5, 0.6) is 0 Å². The summed E-state index contributed by atoms with van der Waals surface area (Å²) in [5.41, 5.74) is 2.18. The topological polar surface area (TPSA) is 17.1 Å². The monoisotopic (exact) mass is 310 g/mol. The summed E-state index contributed by atoms with van der Waals surface area (Å²) in [6, 6.07) is 8.22. The van der Waals surface area contributed by atoms with E-state index in [9.17, 15) is 4.79 Å². The molecular formula is C22H30O. The number of carbonyl (C=O) groups excluding carboxylic acids is 1. The average Bonchev–Trinajstić information content (AvgIpc) is 3.12. The van der Waals surface area contributed by atoms with Crippen molar-refractivity contribution in [2.45, 2.75) is 64.7 Å². The Hall–Kier alpha value is -1.63. The van der Waals surface area contributed by atoms with Gasteiger partial charge in [0.15, 0.2) is 5.78 Å². The fraction of sp³-hybridized carbons (Fsp3) is 0.500. The van der Waals surface area contributed by atoms with Crippen LogP contribution >= 0.6 is 0 Å². The molecule has 0 spiro atoms. The van der Waals surface area contributed by atoms with E-state index in [0.717, 1.165) is 12.0 Å². The van der Waals surface area contributed by atoms with Crippen LogP contribution in [-0.4, -0.2) is 5.78 Å². The van der Waals surface area contributed by atoms with Gasteiger partial charge in [-0.3, -0.25) is 4.79 Å². The lowest BCUT2D eigenvalue weighted by Crippen LogP contribution is -2.08. The van der Waals surface area contributed by atoms with Gasteiger partial charge in [0.05, 0.1) is 5.92 Å². The van der Waals surface area contributed by atoms with E-state index in [4.69, 9.17) is 0 Å². The number of Topliss-reactive ketones (excluding diaryl/α,β-unsaturated/α-hetero) is 1. The fourth-order valence-electron chi connectivity index (χ4n) is 3.10. The van der Waals surface area contributed by atoms with Gasteiger partial charge < -0.3 is 0 Å². The Morgan fingerprint density at radius 1 is 0.826 bits per heavy atom. The number of hydrogen-bond donors (Lipinski definition) is 0. The highest BCUT2D eigenvalue weighted by Crippen LogP contribution is 2.17. The van der Waals surface area contributed by atoms with Gasteiger partial charge in [0, 0.05) is 5.56 Å². The molecule has 0 atom stereocenters. The van der Waals surface area contributed by atoms with Gasteiger partial charge in [-0.1, -0.05) is 100 Å². The van der Waals surface area contributed by atoms with E-state index in [1.807, 2.05) is 36.4 Å². The molecule has 0 saturated heterocycles. The van der Waals surface area contributed by atoms with Gasteiger partial charge in [0.2, 0.25) is 0 Å². The van der Waals surface area contributed by atoms with Crippen molar-refractivity contribution in [2.24, 2.45) is 5.92 Å². The molecule has 0 unspecified atom stereocenters. The normalized spacial score (nSPS) is 13.8. The van der Waals surface area contributed by atoms with Crippen LogP contribution in [0.4, 0.5) is 0 Å². The van der Waals surface area contributed by atoms with E-state index in [1.54, 1.807) is 0 Å². The quantitative estimate of drug-likeness (QED) is 0.346. The van der Waals surface area contributed by atoms with E-state index >= 15 is 0 Å². The molecule has 0 saturated carbocycles. The molecule has 2 rings (SSSR count). The highest BCUT2D eigenvalue weighted by Gasteiger charge is 2.15. The zero-order valence-corrected chi connectivity index (χ0v) is 14.5. The summed E-state index contributed by atoms with van der Waals surface area (Å²) >= 11 is 0. The summed E-state index contributed by atoms with van der Waals surface area (Å²) in [5.74, 6) is 0.141. The summed E-state index contributed by atoms with van der Waals surface area (Å²) in [4.78, 5) is 12.3. The first kappa shape index (κ1) is 17.7. The van der Waals surface area contributed by atoms with Crippen LogP contribution in [0.15, 0.2) is 48.6 Å². The zero-order chi connectivity index (χ0) is 16.3. The molecule has 0 amide bonds. The summed E-state index contributed by atoms with van der Waals surface area (Å²) in [5, 5.41) is 0. The van der Waals surface area contributed by atoms with Crippen molar-refractivity contribution >= 4 is 5.78 Å². The molecule has 1 aromatic rings. The van der Waals surface area contributed by atoms with Crippen LogP contribution < -0.4 is 0 Å². The number of rotatable bonds is 11. The predicted molar refractivity (Wildman–Crippen MR) is 98.9 cm³/mol. The molecule has 1 aromatic carbocycles. The van der Waals surface area contributed by atoms with Crippen LogP contribution in [0.2, 0.25) is 0 Å². The van der Waals surface area contributed by atoms with E-state index in [2.05, 4.69) is 19.1 Å². The third-order valence-electron chi connectivity index (χ3n) is 4.61. The van der Waals surface area contributed by atoms with Gasteiger partial charge in [-0.15, -0.1) is 0 Å². The third-order valence-corrected chi connectivity index (χ3v) is 4.61. The van der Waals surface area contributed by atoms with Crippen LogP contribution in [0, 0.1) is 5.92 Å². The number of unbranched alkanes of at least 4 members (excludes halogenated alkanes) is 7. The first-order valence-corrected chi connectivity index (χ1v) is 9.29. The lowest BCUT2D eigenvalue weighted by atomic mass is 9.97. The molecule has 124 valence electrons. The molecule has 23 heavy (non-hydrogen) atoms. The Balaban J connectivity index is 1.64. The van der Waals surface area contributed by atoms with Gasteiger partial charge >= 0.3 is 0 Å². The first-order valence-electron chi connectivity index (χ1n) is 9.29. The molecule has 0 aromatic heterocycles. The molecule has 0 bridgehead atoms. The predicted octanol–water partition coefficient (Wildman–Crippen LogP) is 6.29. The van der Waals surface area contributed by atoms with Crippen molar-refractivity contribution in [1.29, 1.82) is 0 Å².